The minimum absolute atomic E-state index is 0.0622. The maximum atomic E-state index is 12.1. The summed E-state index contributed by atoms with van der Waals surface area (Å²) in [6, 6.07) is 13.3. The summed E-state index contributed by atoms with van der Waals surface area (Å²) < 4.78 is 16.6. The molecule has 0 aliphatic carbocycles. The molecule has 0 radical (unpaired) electrons. The van der Waals surface area contributed by atoms with E-state index >= 15 is 0 Å². The molecule has 2 aromatic carbocycles. The predicted octanol–water partition coefficient (Wildman–Crippen LogP) is 4.32. The lowest BCUT2D eigenvalue weighted by Gasteiger charge is -2.20. The van der Waals surface area contributed by atoms with Gasteiger partial charge in [0.05, 0.1) is 16.5 Å². The van der Waals surface area contributed by atoms with E-state index in [2.05, 4.69) is 10.3 Å². The number of aromatic nitrogens is 1. The summed E-state index contributed by atoms with van der Waals surface area (Å²) >= 11 is 7.70. The van der Waals surface area contributed by atoms with Crippen LogP contribution in [0.4, 0.5) is 0 Å². The van der Waals surface area contributed by atoms with E-state index in [1.165, 1.54) is 11.8 Å². The van der Waals surface area contributed by atoms with Gasteiger partial charge in [0.1, 0.15) is 19.5 Å². The van der Waals surface area contributed by atoms with Gasteiger partial charge in [0.15, 0.2) is 11.5 Å². The van der Waals surface area contributed by atoms with E-state index in [0.29, 0.717) is 53.7 Å². The van der Waals surface area contributed by atoms with Crippen LogP contribution in [0, 0.1) is 0 Å². The molecule has 1 amide bonds. The SMILES string of the molecule is O=C(CSCc1coc(-c2ccccc2)n1)NCc1cc(Cl)c2c(c1)OCCO2. The molecular formula is C21H19ClN2O4S. The number of amides is 1. The van der Waals surface area contributed by atoms with Gasteiger partial charge in [-0.25, -0.2) is 4.98 Å². The van der Waals surface area contributed by atoms with Crippen LogP contribution in [0.15, 0.2) is 53.1 Å². The zero-order valence-electron chi connectivity index (χ0n) is 15.5. The molecule has 3 aromatic rings. The highest BCUT2D eigenvalue weighted by molar-refractivity contribution is 7.99. The quantitative estimate of drug-likeness (QED) is 0.602. The maximum absolute atomic E-state index is 12.1. The normalized spacial score (nSPS) is 12.6. The van der Waals surface area contributed by atoms with Crippen LogP contribution in [0.3, 0.4) is 0 Å². The highest BCUT2D eigenvalue weighted by atomic mass is 35.5. The average Bonchev–Trinajstić information content (AvgIpc) is 3.22. The van der Waals surface area contributed by atoms with Gasteiger partial charge in [0, 0.05) is 17.9 Å². The summed E-state index contributed by atoms with van der Waals surface area (Å²) in [6.45, 7) is 1.35. The van der Waals surface area contributed by atoms with Gasteiger partial charge in [0.2, 0.25) is 11.8 Å². The lowest BCUT2D eigenvalue weighted by atomic mass is 10.2. The van der Waals surface area contributed by atoms with Crippen LogP contribution in [-0.2, 0) is 17.1 Å². The van der Waals surface area contributed by atoms with E-state index in [-0.39, 0.29) is 5.91 Å². The van der Waals surface area contributed by atoms with E-state index in [1.54, 1.807) is 12.3 Å². The van der Waals surface area contributed by atoms with E-state index in [4.69, 9.17) is 25.5 Å². The number of rotatable bonds is 7. The standard InChI is InChI=1S/C21H19ClN2O4S/c22-17-8-14(9-18-20(17)27-7-6-26-18)10-23-19(25)13-29-12-16-11-28-21(24-16)15-4-2-1-3-5-15/h1-5,8-9,11H,6-7,10,12-13H2,(H,23,25). The first-order valence-electron chi connectivity index (χ1n) is 9.11. The molecule has 0 spiro atoms. The van der Waals surface area contributed by atoms with Crippen LogP contribution < -0.4 is 14.8 Å². The number of nitrogens with zero attached hydrogens (tertiary/aromatic N) is 1. The van der Waals surface area contributed by atoms with Crippen LogP contribution in [0.1, 0.15) is 11.3 Å². The molecule has 0 saturated carbocycles. The molecule has 4 rings (SSSR count). The number of carbonyl (C=O) groups is 1. The highest BCUT2D eigenvalue weighted by Gasteiger charge is 2.17. The monoisotopic (exact) mass is 430 g/mol. The molecule has 1 aromatic heterocycles. The van der Waals surface area contributed by atoms with Crippen molar-refractivity contribution < 1.29 is 18.7 Å². The fraction of sp³-hybridized carbons (Fsp3) is 0.238. The third-order valence-electron chi connectivity index (χ3n) is 4.20. The molecule has 0 unspecified atom stereocenters. The van der Waals surface area contributed by atoms with Crippen molar-refractivity contribution in [3.8, 4) is 23.0 Å². The third-order valence-corrected chi connectivity index (χ3v) is 5.45. The van der Waals surface area contributed by atoms with Crippen LogP contribution in [0.5, 0.6) is 11.5 Å². The van der Waals surface area contributed by atoms with Gasteiger partial charge < -0.3 is 19.2 Å². The van der Waals surface area contributed by atoms with Gasteiger partial charge in [-0.2, -0.15) is 0 Å². The zero-order valence-corrected chi connectivity index (χ0v) is 17.1. The molecule has 150 valence electrons. The first-order chi connectivity index (χ1) is 14.2. The Bertz CT molecular complexity index is 994. The topological polar surface area (TPSA) is 73.6 Å². The molecule has 29 heavy (non-hydrogen) atoms. The molecule has 1 aliphatic heterocycles. The fourth-order valence-electron chi connectivity index (χ4n) is 2.85. The minimum atomic E-state index is -0.0622. The Morgan fingerprint density at radius 3 is 2.86 bits per heavy atom. The first-order valence-corrected chi connectivity index (χ1v) is 10.6. The lowest BCUT2D eigenvalue weighted by Crippen LogP contribution is -2.25. The van der Waals surface area contributed by atoms with Crippen molar-refractivity contribution in [3.63, 3.8) is 0 Å². The highest BCUT2D eigenvalue weighted by Crippen LogP contribution is 2.38. The summed E-state index contributed by atoms with van der Waals surface area (Å²) in [5.74, 6) is 2.62. The second-order valence-corrected chi connectivity index (χ2v) is 7.77. The number of hydrogen-bond acceptors (Lipinski definition) is 6. The largest absolute Gasteiger partial charge is 0.486 e. The fourth-order valence-corrected chi connectivity index (χ4v) is 3.87. The molecule has 0 saturated heterocycles. The number of nitrogens with one attached hydrogen (secondary N) is 1. The summed E-state index contributed by atoms with van der Waals surface area (Å²) in [4.78, 5) is 16.6. The second kappa shape index (κ2) is 9.24. The molecule has 8 heteroatoms. The van der Waals surface area contributed by atoms with Crippen LogP contribution in [0.25, 0.3) is 11.5 Å². The molecule has 0 fully saturated rings. The van der Waals surface area contributed by atoms with Crippen molar-refractivity contribution >= 4 is 29.3 Å². The molecular weight excluding hydrogens is 412 g/mol. The van der Waals surface area contributed by atoms with Crippen LogP contribution in [-0.4, -0.2) is 29.9 Å². The van der Waals surface area contributed by atoms with Crippen molar-refractivity contribution in [3.05, 3.63) is 65.0 Å². The number of ether oxygens (including phenoxy) is 2. The minimum Gasteiger partial charge on any atom is -0.486 e. The van der Waals surface area contributed by atoms with Crippen molar-refractivity contribution in [1.29, 1.82) is 0 Å². The number of halogens is 1. The molecule has 0 atom stereocenters. The van der Waals surface area contributed by atoms with Crippen molar-refractivity contribution in [1.82, 2.24) is 10.3 Å². The van der Waals surface area contributed by atoms with Gasteiger partial charge in [-0.1, -0.05) is 29.8 Å². The first kappa shape index (κ1) is 19.7. The van der Waals surface area contributed by atoms with E-state index in [1.807, 2.05) is 36.4 Å². The van der Waals surface area contributed by atoms with Gasteiger partial charge in [-0.3, -0.25) is 4.79 Å². The van der Waals surface area contributed by atoms with E-state index < -0.39 is 0 Å². The number of carbonyl (C=O) groups excluding carboxylic acids is 1. The summed E-state index contributed by atoms with van der Waals surface area (Å²) in [7, 11) is 0. The molecule has 2 heterocycles. The number of fused-ring (bicyclic) bond motifs is 1. The molecule has 1 N–H and O–H groups in total. The van der Waals surface area contributed by atoms with Gasteiger partial charge >= 0.3 is 0 Å². The van der Waals surface area contributed by atoms with Gasteiger partial charge in [-0.05, 0) is 29.8 Å². The van der Waals surface area contributed by atoms with Crippen molar-refractivity contribution in [2.24, 2.45) is 0 Å². The number of thioether (sulfide) groups is 1. The Labute approximate surface area is 177 Å². The smallest absolute Gasteiger partial charge is 0.230 e. The van der Waals surface area contributed by atoms with Crippen LogP contribution >= 0.6 is 23.4 Å². The van der Waals surface area contributed by atoms with Gasteiger partial charge in [-0.15, -0.1) is 11.8 Å². The molecule has 0 bridgehead atoms. The summed E-state index contributed by atoms with van der Waals surface area (Å²) in [5.41, 5.74) is 2.60. The summed E-state index contributed by atoms with van der Waals surface area (Å²) in [5, 5.41) is 3.38. The van der Waals surface area contributed by atoms with E-state index in [9.17, 15) is 4.79 Å². The summed E-state index contributed by atoms with van der Waals surface area (Å²) in [6.07, 6.45) is 1.63. The van der Waals surface area contributed by atoms with E-state index in [0.717, 1.165) is 16.8 Å². The Hall–Kier alpha value is -2.64. The Morgan fingerprint density at radius 2 is 2.00 bits per heavy atom. The average molecular weight is 431 g/mol. The number of hydrogen-bond donors (Lipinski definition) is 1. The van der Waals surface area contributed by atoms with Crippen molar-refractivity contribution in [2.75, 3.05) is 19.0 Å². The Kier molecular flexibility index (Phi) is 6.27. The maximum Gasteiger partial charge on any atom is 0.230 e. The third kappa shape index (κ3) is 5.05. The van der Waals surface area contributed by atoms with Gasteiger partial charge in [0.25, 0.3) is 0 Å². The van der Waals surface area contributed by atoms with Crippen LogP contribution in [0.2, 0.25) is 5.02 Å². The zero-order chi connectivity index (χ0) is 20.1. The molecule has 6 nitrogen and oxygen atoms in total. The van der Waals surface area contributed by atoms with Crippen molar-refractivity contribution in [2.45, 2.75) is 12.3 Å². The number of oxazole rings is 1. The molecule has 1 aliphatic rings. The number of benzene rings is 2. The lowest BCUT2D eigenvalue weighted by molar-refractivity contribution is -0.118. The predicted molar refractivity (Wildman–Crippen MR) is 112 cm³/mol. The Morgan fingerprint density at radius 1 is 1.17 bits per heavy atom. The second-order valence-electron chi connectivity index (χ2n) is 6.38. The Balaban J connectivity index is 1.24.